The van der Waals surface area contributed by atoms with Crippen molar-refractivity contribution in [2.75, 3.05) is 37.6 Å². The summed E-state index contributed by atoms with van der Waals surface area (Å²) < 4.78 is 26.7. The number of amides is 2. The average Bonchev–Trinajstić information content (AvgIpc) is 3.28. The first-order valence-electron chi connectivity index (χ1n) is 11.3. The minimum atomic E-state index is -3.48. The summed E-state index contributed by atoms with van der Waals surface area (Å²) in [6.07, 6.45) is 1.05. The fourth-order valence-electron chi connectivity index (χ4n) is 4.08. The second kappa shape index (κ2) is 10.8. The molecule has 1 fully saturated rings. The van der Waals surface area contributed by atoms with Gasteiger partial charge in [-0.3, -0.25) is 0 Å². The van der Waals surface area contributed by atoms with Crippen molar-refractivity contribution in [1.29, 1.82) is 0 Å². The van der Waals surface area contributed by atoms with Crippen molar-refractivity contribution in [3.8, 4) is 0 Å². The number of benzene rings is 2. The second-order valence-corrected chi connectivity index (χ2v) is 10.1. The minimum absolute atomic E-state index is 0.212. The Morgan fingerprint density at radius 2 is 1.75 bits per heavy atom. The SMILES string of the molecule is CCN(CC)S(=O)(=O)c1ccc(C(C)NC(=O)NCC2CCN(c3ccccc3)C2)cc1. The number of sulfonamides is 1. The number of urea groups is 1. The van der Waals surface area contributed by atoms with Crippen LogP contribution in [0.4, 0.5) is 10.5 Å². The van der Waals surface area contributed by atoms with Crippen LogP contribution in [0.2, 0.25) is 0 Å². The van der Waals surface area contributed by atoms with Crippen LogP contribution < -0.4 is 15.5 Å². The van der Waals surface area contributed by atoms with Gasteiger partial charge in [0, 0.05) is 38.4 Å². The molecule has 1 aliphatic rings. The molecule has 0 aromatic heterocycles. The van der Waals surface area contributed by atoms with Gasteiger partial charge in [-0.2, -0.15) is 4.31 Å². The van der Waals surface area contributed by atoms with Crippen LogP contribution in [0.3, 0.4) is 0 Å². The van der Waals surface area contributed by atoms with Gasteiger partial charge in [0.25, 0.3) is 0 Å². The Bertz CT molecular complexity index is 976. The van der Waals surface area contributed by atoms with E-state index in [0.29, 0.717) is 25.6 Å². The summed E-state index contributed by atoms with van der Waals surface area (Å²) in [5.74, 6) is 0.417. The summed E-state index contributed by atoms with van der Waals surface area (Å²) in [5.41, 5.74) is 2.08. The van der Waals surface area contributed by atoms with E-state index < -0.39 is 10.0 Å². The fourth-order valence-corrected chi connectivity index (χ4v) is 5.54. The summed E-state index contributed by atoms with van der Waals surface area (Å²) in [6.45, 7) is 8.96. The van der Waals surface area contributed by atoms with Crippen LogP contribution in [0.1, 0.15) is 38.8 Å². The molecule has 1 heterocycles. The highest BCUT2D eigenvalue weighted by Gasteiger charge is 2.24. The van der Waals surface area contributed by atoms with Gasteiger partial charge in [-0.15, -0.1) is 0 Å². The molecule has 2 unspecified atom stereocenters. The van der Waals surface area contributed by atoms with E-state index in [-0.39, 0.29) is 17.0 Å². The largest absolute Gasteiger partial charge is 0.371 e. The number of rotatable bonds is 9. The zero-order valence-corrected chi connectivity index (χ0v) is 19.9. The lowest BCUT2D eigenvalue weighted by atomic mass is 10.1. The molecule has 7 nitrogen and oxygen atoms in total. The van der Waals surface area contributed by atoms with Crippen molar-refractivity contribution in [3.05, 3.63) is 60.2 Å². The van der Waals surface area contributed by atoms with Crippen LogP contribution in [0, 0.1) is 5.92 Å². The lowest BCUT2D eigenvalue weighted by Crippen LogP contribution is -2.40. The van der Waals surface area contributed by atoms with Crippen molar-refractivity contribution < 1.29 is 13.2 Å². The summed E-state index contributed by atoms with van der Waals surface area (Å²) in [5, 5.41) is 5.93. The van der Waals surface area contributed by atoms with Gasteiger partial charge >= 0.3 is 6.03 Å². The van der Waals surface area contributed by atoms with Crippen LogP contribution >= 0.6 is 0 Å². The molecule has 0 aliphatic carbocycles. The van der Waals surface area contributed by atoms with E-state index in [1.54, 1.807) is 24.3 Å². The molecule has 8 heteroatoms. The smallest absolute Gasteiger partial charge is 0.315 e. The van der Waals surface area contributed by atoms with Crippen molar-refractivity contribution in [2.45, 2.75) is 38.1 Å². The lowest BCUT2D eigenvalue weighted by molar-refractivity contribution is 0.236. The molecule has 0 bridgehead atoms. The Kier molecular flexibility index (Phi) is 8.15. The van der Waals surface area contributed by atoms with Gasteiger partial charge < -0.3 is 15.5 Å². The van der Waals surface area contributed by atoms with Crippen molar-refractivity contribution in [2.24, 2.45) is 5.92 Å². The highest BCUT2D eigenvalue weighted by molar-refractivity contribution is 7.89. The molecule has 32 heavy (non-hydrogen) atoms. The van der Waals surface area contributed by atoms with Crippen LogP contribution in [-0.2, 0) is 10.0 Å². The molecular formula is C24H34N4O3S. The van der Waals surface area contributed by atoms with Crippen molar-refractivity contribution >= 4 is 21.7 Å². The minimum Gasteiger partial charge on any atom is -0.371 e. The molecule has 0 spiro atoms. The molecule has 2 N–H and O–H groups in total. The summed E-state index contributed by atoms with van der Waals surface area (Å²) in [4.78, 5) is 15.0. The monoisotopic (exact) mass is 458 g/mol. The Labute approximate surface area is 191 Å². The van der Waals surface area contributed by atoms with E-state index in [9.17, 15) is 13.2 Å². The maximum atomic E-state index is 12.6. The molecule has 3 rings (SSSR count). The summed E-state index contributed by atoms with van der Waals surface area (Å²) in [7, 11) is -3.48. The molecule has 174 valence electrons. The van der Waals surface area contributed by atoms with Gasteiger partial charge in [0.2, 0.25) is 10.0 Å². The molecule has 1 aliphatic heterocycles. The maximum absolute atomic E-state index is 12.6. The Balaban J connectivity index is 1.48. The first-order valence-corrected chi connectivity index (χ1v) is 12.7. The Morgan fingerprint density at radius 1 is 1.09 bits per heavy atom. The molecule has 1 saturated heterocycles. The van der Waals surface area contributed by atoms with Gasteiger partial charge in [-0.25, -0.2) is 13.2 Å². The van der Waals surface area contributed by atoms with E-state index in [0.717, 1.165) is 25.1 Å². The second-order valence-electron chi connectivity index (χ2n) is 8.17. The number of carbonyl (C=O) groups is 1. The number of anilines is 1. The van der Waals surface area contributed by atoms with Gasteiger partial charge in [0.15, 0.2) is 0 Å². The quantitative estimate of drug-likeness (QED) is 0.602. The molecular weight excluding hydrogens is 424 g/mol. The first kappa shape index (κ1) is 24.1. The molecule has 0 saturated carbocycles. The van der Waals surface area contributed by atoms with Gasteiger partial charge in [-0.05, 0) is 49.1 Å². The predicted molar refractivity (Wildman–Crippen MR) is 128 cm³/mol. The number of nitrogens with one attached hydrogen (secondary N) is 2. The first-order chi connectivity index (χ1) is 15.3. The topological polar surface area (TPSA) is 81.8 Å². The summed E-state index contributed by atoms with van der Waals surface area (Å²) >= 11 is 0. The fraction of sp³-hybridized carbons (Fsp3) is 0.458. The van der Waals surface area contributed by atoms with E-state index in [4.69, 9.17) is 0 Å². The zero-order chi connectivity index (χ0) is 23.1. The molecule has 2 aromatic rings. The van der Waals surface area contributed by atoms with E-state index in [1.807, 2.05) is 39.0 Å². The summed E-state index contributed by atoms with van der Waals surface area (Å²) in [6, 6.07) is 16.6. The van der Waals surface area contributed by atoms with E-state index >= 15 is 0 Å². The third-order valence-electron chi connectivity index (χ3n) is 6.03. The number of hydrogen-bond acceptors (Lipinski definition) is 4. The zero-order valence-electron chi connectivity index (χ0n) is 19.1. The Hall–Kier alpha value is -2.58. The third kappa shape index (κ3) is 5.81. The normalized spacial score (nSPS) is 17.4. The van der Waals surface area contributed by atoms with Crippen LogP contribution in [0.25, 0.3) is 0 Å². The highest BCUT2D eigenvalue weighted by atomic mass is 32.2. The van der Waals surface area contributed by atoms with Crippen LogP contribution in [0.5, 0.6) is 0 Å². The molecule has 2 aromatic carbocycles. The number of nitrogens with zero attached hydrogens (tertiary/aromatic N) is 2. The van der Waals surface area contributed by atoms with Gasteiger partial charge in [0.05, 0.1) is 10.9 Å². The number of hydrogen-bond donors (Lipinski definition) is 2. The van der Waals surface area contributed by atoms with Crippen LogP contribution in [0.15, 0.2) is 59.5 Å². The van der Waals surface area contributed by atoms with Crippen molar-refractivity contribution in [3.63, 3.8) is 0 Å². The molecule has 2 atom stereocenters. The molecule has 0 radical (unpaired) electrons. The molecule has 2 amide bonds. The highest BCUT2D eigenvalue weighted by Crippen LogP contribution is 2.23. The third-order valence-corrected chi connectivity index (χ3v) is 8.09. The van der Waals surface area contributed by atoms with E-state index in [1.165, 1.54) is 9.99 Å². The lowest BCUT2D eigenvalue weighted by Gasteiger charge is -2.20. The van der Waals surface area contributed by atoms with Crippen LogP contribution in [-0.4, -0.2) is 51.5 Å². The number of para-hydroxylation sites is 1. The number of carbonyl (C=O) groups excluding carboxylic acids is 1. The maximum Gasteiger partial charge on any atom is 0.315 e. The standard InChI is InChI=1S/C24H34N4O3S/c1-4-28(5-2)32(30,31)23-13-11-21(12-14-23)19(3)26-24(29)25-17-20-15-16-27(18-20)22-9-7-6-8-10-22/h6-14,19-20H,4-5,15-18H2,1-3H3,(H2,25,26,29). The van der Waals surface area contributed by atoms with Gasteiger partial charge in [0.1, 0.15) is 0 Å². The van der Waals surface area contributed by atoms with Gasteiger partial charge in [-0.1, -0.05) is 44.2 Å². The predicted octanol–water partition coefficient (Wildman–Crippen LogP) is 3.60. The Morgan fingerprint density at radius 3 is 2.38 bits per heavy atom. The van der Waals surface area contributed by atoms with Crippen molar-refractivity contribution in [1.82, 2.24) is 14.9 Å². The van der Waals surface area contributed by atoms with E-state index in [2.05, 4.69) is 27.7 Å². The average molecular weight is 459 g/mol.